The van der Waals surface area contributed by atoms with Crippen molar-refractivity contribution < 1.29 is 24.2 Å². The molecule has 0 saturated heterocycles. The molecule has 0 aromatic heterocycles. The van der Waals surface area contributed by atoms with Gasteiger partial charge in [0.15, 0.2) is 0 Å². The summed E-state index contributed by atoms with van der Waals surface area (Å²) in [6, 6.07) is 6.61. The van der Waals surface area contributed by atoms with Gasteiger partial charge in [0.05, 0.1) is 30.9 Å². The molecule has 1 aliphatic heterocycles. The Morgan fingerprint density at radius 3 is 2.36 bits per heavy atom. The molecule has 1 heterocycles. The SMILES string of the molecule is O=C(CCN1C(=O)c2ccccc2C1=O)NCCOCCO. The fourth-order valence-electron chi connectivity index (χ4n) is 2.17. The molecule has 0 fully saturated rings. The van der Waals surface area contributed by atoms with E-state index in [2.05, 4.69) is 5.32 Å². The van der Waals surface area contributed by atoms with Crippen molar-refractivity contribution in [2.75, 3.05) is 32.9 Å². The smallest absolute Gasteiger partial charge is 0.261 e. The number of rotatable bonds is 8. The second kappa shape index (κ2) is 7.67. The van der Waals surface area contributed by atoms with E-state index in [9.17, 15) is 14.4 Å². The molecule has 0 unspecified atom stereocenters. The second-order valence-corrected chi connectivity index (χ2v) is 4.74. The minimum atomic E-state index is -0.361. The zero-order chi connectivity index (χ0) is 15.9. The number of carbonyl (C=O) groups is 3. The fourth-order valence-corrected chi connectivity index (χ4v) is 2.17. The van der Waals surface area contributed by atoms with E-state index in [0.29, 0.717) is 24.3 Å². The first-order valence-corrected chi connectivity index (χ1v) is 7.05. The van der Waals surface area contributed by atoms with E-state index in [1.165, 1.54) is 0 Å². The van der Waals surface area contributed by atoms with Gasteiger partial charge in [-0.05, 0) is 12.1 Å². The maximum absolute atomic E-state index is 12.1. The predicted octanol–water partition coefficient (Wildman–Crippen LogP) is -0.202. The Labute approximate surface area is 127 Å². The molecule has 3 amide bonds. The molecule has 2 N–H and O–H groups in total. The normalized spacial score (nSPS) is 13.4. The van der Waals surface area contributed by atoms with Crippen molar-refractivity contribution in [3.05, 3.63) is 35.4 Å². The molecule has 0 bridgehead atoms. The minimum Gasteiger partial charge on any atom is -0.394 e. The third-order valence-corrected chi connectivity index (χ3v) is 3.24. The number of hydrogen-bond donors (Lipinski definition) is 2. The van der Waals surface area contributed by atoms with Crippen molar-refractivity contribution in [3.63, 3.8) is 0 Å². The molecule has 118 valence electrons. The lowest BCUT2D eigenvalue weighted by Crippen LogP contribution is -2.35. The summed E-state index contributed by atoms with van der Waals surface area (Å²) in [7, 11) is 0. The van der Waals surface area contributed by atoms with E-state index < -0.39 is 0 Å². The van der Waals surface area contributed by atoms with Gasteiger partial charge >= 0.3 is 0 Å². The lowest BCUT2D eigenvalue weighted by atomic mass is 10.1. The first-order valence-electron chi connectivity index (χ1n) is 7.05. The van der Waals surface area contributed by atoms with Crippen LogP contribution >= 0.6 is 0 Å². The standard InChI is InChI=1S/C15H18N2O5/c18-8-10-22-9-6-16-13(19)5-7-17-14(20)11-3-1-2-4-12(11)15(17)21/h1-4,18H,5-10H2,(H,16,19). The minimum absolute atomic E-state index is 0.0471. The van der Waals surface area contributed by atoms with Gasteiger partial charge in [0.1, 0.15) is 0 Å². The van der Waals surface area contributed by atoms with Crippen molar-refractivity contribution in [2.24, 2.45) is 0 Å². The zero-order valence-corrected chi connectivity index (χ0v) is 12.1. The number of aliphatic hydroxyl groups is 1. The van der Waals surface area contributed by atoms with Gasteiger partial charge in [-0.25, -0.2) is 0 Å². The molecule has 1 aliphatic rings. The van der Waals surface area contributed by atoms with Crippen LogP contribution in [0.2, 0.25) is 0 Å². The number of nitrogens with zero attached hydrogens (tertiary/aromatic N) is 1. The number of amides is 3. The number of ether oxygens (including phenoxy) is 1. The molecule has 0 radical (unpaired) electrons. The number of imide groups is 1. The number of hydrogen-bond acceptors (Lipinski definition) is 5. The van der Waals surface area contributed by atoms with Crippen LogP contribution in [0.1, 0.15) is 27.1 Å². The van der Waals surface area contributed by atoms with Crippen LogP contribution in [0.3, 0.4) is 0 Å². The number of carbonyl (C=O) groups excluding carboxylic acids is 3. The van der Waals surface area contributed by atoms with Crippen molar-refractivity contribution in [1.29, 1.82) is 0 Å². The Morgan fingerprint density at radius 1 is 1.14 bits per heavy atom. The summed E-state index contributed by atoms with van der Waals surface area (Å²) in [6.07, 6.45) is 0.0471. The number of aliphatic hydroxyl groups excluding tert-OH is 1. The Hall–Kier alpha value is -2.25. The van der Waals surface area contributed by atoms with Gasteiger partial charge in [-0.2, -0.15) is 0 Å². The highest BCUT2D eigenvalue weighted by molar-refractivity contribution is 6.21. The third kappa shape index (κ3) is 3.69. The zero-order valence-electron chi connectivity index (χ0n) is 12.1. The summed E-state index contributed by atoms with van der Waals surface area (Å²) >= 11 is 0. The molecule has 7 nitrogen and oxygen atoms in total. The summed E-state index contributed by atoms with van der Waals surface area (Å²) in [5.41, 5.74) is 0.760. The van der Waals surface area contributed by atoms with E-state index in [4.69, 9.17) is 9.84 Å². The van der Waals surface area contributed by atoms with Gasteiger partial charge in [0, 0.05) is 19.5 Å². The van der Waals surface area contributed by atoms with Gasteiger partial charge in [-0.1, -0.05) is 12.1 Å². The molecule has 22 heavy (non-hydrogen) atoms. The maximum atomic E-state index is 12.1. The van der Waals surface area contributed by atoms with Gasteiger partial charge in [-0.3, -0.25) is 19.3 Å². The van der Waals surface area contributed by atoms with E-state index in [1.54, 1.807) is 24.3 Å². The highest BCUT2D eigenvalue weighted by atomic mass is 16.5. The molecule has 0 saturated carbocycles. The van der Waals surface area contributed by atoms with Crippen LogP contribution in [0.25, 0.3) is 0 Å². The maximum Gasteiger partial charge on any atom is 0.261 e. The molecule has 2 rings (SSSR count). The van der Waals surface area contributed by atoms with Crippen LogP contribution < -0.4 is 5.32 Å². The molecule has 7 heteroatoms. The van der Waals surface area contributed by atoms with Crippen LogP contribution in [0.15, 0.2) is 24.3 Å². The van der Waals surface area contributed by atoms with E-state index >= 15 is 0 Å². The molecule has 1 aromatic rings. The summed E-state index contributed by atoms with van der Waals surface area (Å²) in [5, 5.41) is 11.1. The lowest BCUT2D eigenvalue weighted by Gasteiger charge is -2.13. The highest BCUT2D eigenvalue weighted by Gasteiger charge is 2.34. The van der Waals surface area contributed by atoms with Gasteiger partial charge in [0.2, 0.25) is 5.91 Å². The highest BCUT2D eigenvalue weighted by Crippen LogP contribution is 2.22. The molecule has 0 atom stereocenters. The first kappa shape index (κ1) is 16.1. The summed E-state index contributed by atoms with van der Waals surface area (Å²) in [6.45, 7) is 0.842. The molecule has 1 aromatic carbocycles. The fraction of sp³-hybridized carbons (Fsp3) is 0.400. The van der Waals surface area contributed by atoms with E-state index in [1.807, 2.05) is 0 Å². The van der Waals surface area contributed by atoms with Crippen molar-refractivity contribution in [2.45, 2.75) is 6.42 Å². The topological polar surface area (TPSA) is 95.9 Å². The quantitative estimate of drug-likeness (QED) is 0.512. The van der Waals surface area contributed by atoms with Crippen LogP contribution in [0, 0.1) is 0 Å². The van der Waals surface area contributed by atoms with Gasteiger partial charge in [0.25, 0.3) is 11.8 Å². The lowest BCUT2D eigenvalue weighted by molar-refractivity contribution is -0.121. The second-order valence-electron chi connectivity index (χ2n) is 4.74. The molecular weight excluding hydrogens is 288 g/mol. The Bertz CT molecular complexity index is 538. The van der Waals surface area contributed by atoms with Crippen molar-refractivity contribution >= 4 is 17.7 Å². The van der Waals surface area contributed by atoms with Crippen molar-refractivity contribution in [3.8, 4) is 0 Å². The Kier molecular flexibility index (Phi) is 5.62. The largest absolute Gasteiger partial charge is 0.394 e. The number of benzene rings is 1. The molecule has 0 spiro atoms. The summed E-state index contributed by atoms with van der Waals surface area (Å²) in [5.74, 6) is -0.983. The molecular formula is C15H18N2O5. The average Bonchev–Trinajstić information content (AvgIpc) is 2.77. The third-order valence-electron chi connectivity index (χ3n) is 3.24. The Morgan fingerprint density at radius 2 is 1.77 bits per heavy atom. The number of nitrogens with one attached hydrogen (secondary N) is 1. The van der Waals surface area contributed by atoms with Gasteiger partial charge in [-0.15, -0.1) is 0 Å². The summed E-state index contributed by atoms with van der Waals surface area (Å²) < 4.78 is 5.00. The van der Waals surface area contributed by atoms with E-state index in [0.717, 1.165) is 4.90 Å². The van der Waals surface area contributed by atoms with Gasteiger partial charge < -0.3 is 15.2 Å². The van der Waals surface area contributed by atoms with Crippen LogP contribution in [-0.2, 0) is 9.53 Å². The number of fused-ring (bicyclic) bond motifs is 1. The monoisotopic (exact) mass is 306 g/mol. The average molecular weight is 306 g/mol. The predicted molar refractivity (Wildman–Crippen MR) is 77.3 cm³/mol. The summed E-state index contributed by atoms with van der Waals surface area (Å²) in [4.78, 5) is 36.9. The Balaban J connectivity index is 1.77. The first-order chi connectivity index (χ1) is 10.6. The van der Waals surface area contributed by atoms with Crippen molar-refractivity contribution in [1.82, 2.24) is 10.2 Å². The van der Waals surface area contributed by atoms with Crippen LogP contribution in [0.4, 0.5) is 0 Å². The molecule has 0 aliphatic carbocycles. The van der Waals surface area contributed by atoms with Crippen LogP contribution in [-0.4, -0.2) is 60.6 Å². The van der Waals surface area contributed by atoms with E-state index in [-0.39, 0.29) is 43.9 Å². The van der Waals surface area contributed by atoms with Crippen LogP contribution in [0.5, 0.6) is 0 Å².